The summed E-state index contributed by atoms with van der Waals surface area (Å²) < 4.78 is 0. The Hall–Kier alpha value is -2.14. The van der Waals surface area contributed by atoms with Crippen molar-refractivity contribution in [1.29, 1.82) is 0 Å². The second kappa shape index (κ2) is 5.46. The van der Waals surface area contributed by atoms with Crippen molar-refractivity contribution in [2.24, 2.45) is 0 Å². The fourth-order valence-corrected chi connectivity index (χ4v) is 2.78. The molecule has 0 aliphatic rings. The molecule has 0 amide bonds. The van der Waals surface area contributed by atoms with Crippen molar-refractivity contribution in [3.05, 3.63) is 64.2 Å². The van der Waals surface area contributed by atoms with E-state index in [-0.39, 0.29) is 5.56 Å². The Bertz CT molecular complexity index is 813. The van der Waals surface area contributed by atoms with Gasteiger partial charge in [0.2, 0.25) is 0 Å². The van der Waals surface area contributed by atoms with E-state index in [9.17, 15) is 4.79 Å². The SMILES string of the molecule is Cc1cc(=O)[nH]c(SCc2ccc3ccccc3n2)n1. The van der Waals surface area contributed by atoms with Crippen LogP contribution in [0.2, 0.25) is 0 Å². The predicted octanol–water partition coefficient (Wildman–Crippen LogP) is 2.92. The molecule has 20 heavy (non-hydrogen) atoms. The highest BCUT2D eigenvalue weighted by Gasteiger charge is 2.02. The number of hydrogen-bond donors (Lipinski definition) is 1. The number of hydrogen-bond acceptors (Lipinski definition) is 4. The summed E-state index contributed by atoms with van der Waals surface area (Å²) in [5.74, 6) is 0.678. The number of aromatic nitrogens is 3. The highest BCUT2D eigenvalue weighted by Crippen LogP contribution is 2.19. The number of thioether (sulfide) groups is 1. The highest BCUT2D eigenvalue weighted by molar-refractivity contribution is 7.98. The third-order valence-corrected chi connectivity index (χ3v) is 3.77. The van der Waals surface area contributed by atoms with E-state index in [0.29, 0.717) is 10.9 Å². The molecule has 5 heteroatoms. The van der Waals surface area contributed by atoms with E-state index in [1.54, 1.807) is 0 Å². The lowest BCUT2D eigenvalue weighted by molar-refractivity contribution is 0.904. The van der Waals surface area contributed by atoms with Gasteiger partial charge >= 0.3 is 0 Å². The Morgan fingerprint density at radius 2 is 2.00 bits per heavy atom. The molecule has 1 N–H and O–H groups in total. The largest absolute Gasteiger partial charge is 0.301 e. The van der Waals surface area contributed by atoms with Gasteiger partial charge in [0.1, 0.15) is 0 Å². The molecule has 0 aliphatic carbocycles. The third-order valence-electron chi connectivity index (χ3n) is 2.86. The molecule has 3 aromatic rings. The van der Waals surface area contributed by atoms with Crippen molar-refractivity contribution >= 4 is 22.7 Å². The van der Waals surface area contributed by atoms with Crippen LogP contribution in [0.5, 0.6) is 0 Å². The summed E-state index contributed by atoms with van der Waals surface area (Å²) in [4.78, 5) is 23.0. The molecule has 0 saturated heterocycles. The van der Waals surface area contributed by atoms with Gasteiger partial charge < -0.3 is 4.98 Å². The fraction of sp³-hybridized carbons (Fsp3) is 0.133. The Kier molecular flexibility index (Phi) is 3.52. The number of rotatable bonds is 3. The van der Waals surface area contributed by atoms with Crippen LogP contribution in [0.3, 0.4) is 0 Å². The monoisotopic (exact) mass is 283 g/mol. The van der Waals surface area contributed by atoms with Crippen LogP contribution in [0, 0.1) is 6.92 Å². The molecule has 0 unspecified atom stereocenters. The first-order valence-corrected chi connectivity index (χ1v) is 7.25. The average Bonchev–Trinajstić information content (AvgIpc) is 2.44. The number of H-pyrrole nitrogens is 1. The molecule has 0 radical (unpaired) electrons. The molecule has 1 aromatic carbocycles. The molecular formula is C15H13N3OS. The normalized spacial score (nSPS) is 10.8. The van der Waals surface area contributed by atoms with Crippen molar-refractivity contribution in [2.75, 3.05) is 0 Å². The number of fused-ring (bicyclic) bond motifs is 1. The molecule has 2 heterocycles. The van der Waals surface area contributed by atoms with Crippen LogP contribution in [-0.4, -0.2) is 15.0 Å². The van der Waals surface area contributed by atoms with Crippen LogP contribution in [-0.2, 0) is 5.75 Å². The fourth-order valence-electron chi connectivity index (χ4n) is 1.95. The second-order valence-electron chi connectivity index (χ2n) is 4.48. The minimum atomic E-state index is -0.119. The number of nitrogens with zero attached hydrogens (tertiary/aromatic N) is 2. The van der Waals surface area contributed by atoms with Gasteiger partial charge in [0, 0.05) is 22.9 Å². The molecule has 0 aliphatic heterocycles. The van der Waals surface area contributed by atoms with Crippen molar-refractivity contribution in [3.8, 4) is 0 Å². The Morgan fingerprint density at radius 3 is 2.85 bits per heavy atom. The first-order chi connectivity index (χ1) is 9.70. The molecule has 0 bridgehead atoms. The van der Waals surface area contributed by atoms with E-state index >= 15 is 0 Å². The molecule has 4 nitrogen and oxygen atoms in total. The van der Waals surface area contributed by atoms with E-state index in [1.807, 2.05) is 37.3 Å². The number of para-hydroxylation sites is 1. The van der Waals surface area contributed by atoms with E-state index in [2.05, 4.69) is 21.0 Å². The molecule has 0 spiro atoms. The van der Waals surface area contributed by atoms with Gasteiger partial charge in [-0.05, 0) is 19.1 Å². The Morgan fingerprint density at radius 1 is 1.15 bits per heavy atom. The topological polar surface area (TPSA) is 58.6 Å². The minimum Gasteiger partial charge on any atom is -0.301 e. The lowest BCUT2D eigenvalue weighted by atomic mass is 10.2. The number of aromatic amines is 1. The van der Waals surface area contributed by atoms with Crippen LogP contribution in [0.4, 0.5) is 0 Å². The van der Waals surface area contributed by atoms with Gasteiger partial charge in [-0.3, -0.25) is 9.78 Å². The molecule has 100 valence electrons. The van der Waals surface area contributed by atoms with Crippen molar-refractivity contribution in [3.63, 3.8) is 0 Å². The van der Waals surface area contributed by atoms with Crippen LogP contribution >= 0.6 is 11.8 Å². The zero-order valence-corrected chi connectivity index (χ0v) is 11.8. The average molecular weight is 283 g/mol. The van der Waals surface area contributed by atoms with Crippen molar-refractivity contribution in [1.82, 2.24) is 15.0 Å². The van der Waals surface area contributed by atoms with E-state index in [4.69, 9.17) is 0 Å². The molecule has 0 atom stereocenters. The first kappa shape index (κ1) is 12.9. The molecule has 2 aromatic heterocycles. The third kappa shape index (κ3) is 2.88. The van der Waals surface area contributed by atoms with E-state index < -0.39 is 0 Å². The first-order valence-electron chi connectivity index (χ1n) is 6.26. The summed E-state index contributed by atoms with van der Waals surface area (Å²) in [6.45, 7) is 1.81. The van der Waals surface area contributed by atoms with Crippen molar-refractivity contribution < 1.29 is 0 Å². The summed E-state index contributed by atoms with van der Waals surface area (Å²) in [5.41, 5.74) is 2.56. The van der Waals surface area contributed by atoms with Gasteiger partial charge in [0.05, 0.1) is 11.2 Å². The van der Waals surface area contributed by atoms with Crippen LogP contribution in [0.25, 0.3) is 10.9 Å². The maximum Gasteiger partial charge on any atom is 0.251 e. The summed E-state index contributed by atoms with van der Waals surface area (Å²) >= 11 is 1.48. The molecule has 0 fully saturated rings. The summed E-state index contributed by atoms with van der Waals surface area (Å²) in [6, 6.07) is 13.6. The lowest BCUT2D eigenvalue weighted by Crippen LogP contribution is -2.08. The van der Waals surface area contributed by atoms with Crippen LogP contribution in [0.15, 0.2) is 52.4 Å². The van der Waals surface area contributed by atoms with E-state index in [0.717, 1.165) is 22.3 Å². The number of benzene rings is 1. The summed E-state index contributed by atoms with van der Waals surface area (Å²) in [6.07, 6.45) is 0. The molecule has 3 rings (SSSR count). The van der Waals surface area contributed by atoms with Crippen LogP contribution in [0.1, 0.15) is 11.4 Å². The lowest BCUT2D eigenvalue weighted by Gasteiger charge is -2.03. The highest BCUT2D eigenvalue weighted by atomic mass is 32.2. The van der Waals surface area contributed by atoms with Gasteiger partial charge in [-0.15, -0.1) is 0 Å². The molecular weight excluding hydrogens is 270 g/mol. The molecule has 0 saturated carbocycles. The van der Waals surface area contributed by atoms with Gasteiger partial charge in [-0.25, -0.2) is 4.98 Å². The number of aryl methyl sites for hydroxylation is 1. The maximum atomic E-state index is 11.4. The zero-order chi connectivity index (χ0) is 13.9. The number of nitrogens with one attached hydrogen (secondary N) is 1. The maximum absolute atomic E-state index is 11.4. The zero-order valence-electron chi connectivity index (χ0n) is 11.0. The minimum absolute atomic E-state index is 0.119. The van der Waals surface area contributed by atoms with Crippen molar-refractivity contribution in [2.45, 2.75) is 17.8 Å². The Labute approximate surface area is 120 Å². The standard InChI is InChI=1S/C15H13N3OS/c1-10-8-14(19)18-15(16-10)20-9-12-7-6-11-4-2-3-5-13(11)17-12/h2-8H,9H2,1H3,(H,16,18,19). The quantitative estimate of drug-likeness (QED) is 0.593. The van der Waals surface area contributed by atoms with Gasteiger partial charge in [-0.1, -0.05) is 36.0 Å². The summed E-state index contributed by atoms with van der Waals surface area (Å²) in [7, 11) is 0. The van der Waals surface area contributed by atoms with E-state index in [1.165, 1.54) is 17.8 Å². The summed E-state index contributed by atoms with van der Waals surface area (Å²) in [5, 5.41) is 1.76. The van der Waals surface area contributed by atoms with Gasteiger partial charge in [-0.2, -0.15) is 0 Å². The number of pyridine rings is 1. The van der Waals surface area contributed by atoms with Gasteiger partial charge in [0.15, 0.2) is 5.16 Å². The smallest absolute Gasteiger partial charge is 0.251 e. The predicted molar refractivity (Wildman–Crippen MR) is 80.9 cm³/mol. The Balaban J connectivity index is 1.81. The second-order valence-corrected chi connectivity index (χ2v) is 5.44. The van der Waals surface area contributed by atoms with Crippen LogP contribution < -0.4 is 5.56 Å². The van der Waals surface area contributed by atoms with Gasteiger partial charge in [0.25, 0.3) is 5.56 Å².